The smallest absolute Gasteiger partial charge is 0.0995 e. The fourth-order valence-electron chi connectivity index (χ4n) is 2.50. The number of hydrogen-bond acceptors (Lipinski definition) is 2. The van der Waals surface area contributed by atoms with Crippen molar-refractivity contribution in [3.05, 3.63) is 78.9 Å². The van der Waals surface area contributed by atoms with Gasteiger partial charge in [-0.05, 0) is 37.1 Å². The summed E-state index contributed by atoms with van der Waals surface area (Å²) in [6.45, 7) is 0.801. The lowest BCUT2D eigenvalue weighted by molar-refractivity contribution is 0.816. The third kappa shape index (κ3) is 4.32. The maximum Gasteiger partial charge on any atom is 0.0995 e. The van der Waals surface area contributed by atoms with E-state index < -0.39 is 0 Å². The first kappa shape index (κ1) is 16.0. The number of imidazole rings is 1. The molecule has 0 saturated heterocycles. The van der Waals surface area contributed by atoms with Crippen LogP contribution in [-0.4, -0.2) is 29.5 Å². The summed E-state index contributed by atoms with van der Waals surface area (Å²) in [5, 5.41) is 0. The maximum atomic E-state index is 4.49. The Kier molecular flexibility index (Phi) is 5.40. The summed E-state index contributed by atoms with van der Waals surface area (Å²) >= 11 is 0. The Hall–Kier alpha value is -2.88. The summed E-state index contributed by atoms with van der Waals surface area (Å²) in [6.07, 6.45) is 7.78. The first-order valence-corrected chi connectivity index (χ1v) is 8.19. The first-order valence-electron chi connectivity index (χ1n) is 8.19. The number of aliphatic imine (C=N–C) groups is 1. The van der Waals surface area contributed by atoms with Gasteiger partial charge in [-0.15, -0.1) is 0 Å². The van der Waals surface area contributed by atoms with Gasteiger partial charge in [0.15, 0.2) is 0 Å². The van der Waals surface area contributed by atoms with Crippen LogP contribution in [0.15, 0.2) is 78.2 Å². The second-order valence-corrected chi connectivity index (χ2v) is 5.68. The van der Waals surface area contributed by atoms with Gasteiger partial charge in [0, 0.05) is 31.2 Å². The lowest BCUT2D eigenvalue weighted by Gasteiger charge is -2.12. The molecule has 0 saturated carbocycles. The quantitative estimate of drug-likeness (QED) is 0.375. The van der Waals surface area contributed by atoms with Crippen molar-refractivity contribution in [2.24, 2.45) is 4.99 Å². The van der Waals surface area contributed by atoms with Crippen molar-refractivity contribution >= 4 is 12.0 Å². The molecule has 3 aromatic rings. The standard InChI is InChI=1S/C20H22N4/c1-23(19-10-4-2-5-11-19)16-21-14-8-9-18-15-24(17-22-18)20-12-6-3-7-13-20/h2-7,10-13,15-17H,8-9,14H2,1H3. The molecule has 0 amide bonds. The SMILES string of the molecule is CN(C=NCCCc1cn(-c2ccccc2)cn1)c1ccccc1. The van der Waals surface area contributed by atoms with Gasteiger partial charge < -0.3 is 9.47 Å². The minimum Gasteiger partial charge on any atom is -0.336 e. The van der Waals surface area contributed by atoms with Gasteiger partial charge in [-0.2, -0.15) is 0 Å². The van der Waals surface area contributed by atoms with Crippen LogP contribution in [0.2, 0.25) is 0 Å². The predicted octanol–water partition coefficient (Wildman–Crippen LogP) is 3.97. The number of nitrogens with zero attached hydrogens (tertiary/aromatic N) is 4. The van der Waals surface area contributed by atoms with Crippen LogP contribution >= 0.6 is 0 Å². The minimum absolute atomic E-state index is 0.801. The highest BCUT2D eigenvalue weighted by Gasteiger charge is 2.00. The van der Waals surface area contributed by atoms with Crippen molar-refractivity contribution in [2.45, 2.75) is 12.8 Å². The van der Waals surface area contributed by atoms with Gasteiger partial charge >= 0.3 is 0 Å². The van der Waals surface area contributed by atoms with Crippen LogP contribution in [0.3, 0.4) is 0 Å². The molecular formula is C20H22N4. The molecular weight excluding hydrogens is 296 g/mol. The Morgan fingerprint density at radius 1 is 1.04 bits per heavy atom. The number of aryl methyl sites for hydroxylation is 1. The van der Waals surface area contributed by atoms with Crippen LogP contribution < -0.4 is 4.90 Å². The molecule has 4 heteroatoms. The third-order valence-electron chi connectivity index (χ3n) is 3.83. The number of anilines is 1. The summed E-state index contributed by atoms with van der Waals surface area (Å²) in [7, 11) is 2.01. The number of para-hydroxylation sites is 2. The Bertz CT molecular complexity index is 763. The van der Waals surface area contributed by atoms with Gasteiger partial charge in [-0.25, -0.2) is 4.98 Å². The second kappa shape index (κ2) is 8.11. The van der Waals surface area contributed by atoms with Gasteiger partial charge in [-0.1, -0.05) is 36.4 Å². The Labute approximate surface area is 143 Å². The van der Waals surface area contributed by atoms with E-state index in [1.807, 2.05) is 61.0 Å². The third-order valence-corrected chi connectivity index (χ3v) is 3.83. The molecule has 0 aliphatic heterocycles. The summed E-state index contributed by atoms with van der Waals surface area (Å²) < 4.78 is 2.06. The van der Waals surface area contributed by atoms with E-state index in [1.165, 1.54) is 0 Å². The van der Waals surface area contributed by atoms with Crippen molar-refractivity contribution in [1.29, 1.82) is 0 Å². The first-order chi connectivity index (χ1) is 11.8. The highest BCUT2D eigenvalue weighted by atomic mass is 15.1. The molecule has 0 radical (unpaired) electrons. The molecule has 0 aliphatic rings. The van der Waals surface area contributed by atoms with Crippen molar-refractivity contribution < 1.29 is 0 Å². The summed E-state index contributed by atoms with van der Waals surface area (Å²) in [6, 6.07) is 20.5. The lowest BCUT2D eigenvalue weighted by Crippen LogP contribution is -2.14. The van der Waals surface area contributed by atoms with E-state index in [2.05, 4.69) is 45.0 Å². The van der Waals surface area contributed by atoms with Crippen LogP contribution in [0.1, 0.15) is 12.1 Å². The van der Waals surface area contributed by atoms with Crippen LogP contribution in [0, 0.1) is 0 Å². The predicted molar refractivity (Wildman–Crippen MR) is 100 cm³/mol. The zero-order chi connectivity index (χ0) is 16.6. The van der Waals surface area contributed by atoms with E-state index in [-0.39, 0.29) is 0 Å². The molecule has 0 unspecified atom stereocenters. The van der Waals surface area contributed by atoms with E-state index in [9.17, 15) is 0 Å². The van der Waals surface area contributed by atoms with Gasteiger partial charge in [0.05, 0.1) is 18.4 Å². The van der Waals surface area contributed by atoms with Gasteiger partial charge in [0.25, 0.3) is 0 Å². The summed E-state index contributed by atoms with van der Waals surface area (Å²) in [4.78, 5) is 11.0. The zero-order valence-corrected chi connectivity index (χ0v) is 13.9. The molecule has 3 rings (SSSR count). The number of aromatic nitrogens is 2. The highest BCUT2D eigenvalue weighted by Crippen LogP contribution is 2.10. The number of benzene rings is 2. The Morgan fingerprint density at radius 3 is 2.50 bits per heavy atom. The van der Waals surface area contributed by atoms with E-state index in [0.717, 1.165) is 36.5 Å². The Morgan fingerprint density at radius 2 is 1.75 bits per heavy atom. The average molecular weight is 318 g/mol. The molecule has 0 bridgehead atoms. The second-order valence-electron chi connectivity index (χ2n) is 5.68. The van der Waals surface area contributed by atoms with Gasteiger partial charge in [0.1, 0.15) is 0 Å². The topological polar surface area (TPSA) is 33.4 Å². The van der Waals surface area contributed by atoms with Crippen LogP contribution in [0.4, 0.5) is 5.69 Å². The van der Waals surface area contributed by atoms with Crippen LogP contribution in [-0.2, 0) is 6.42 Å². The molecule has 2 aromatic carbocycles. The largest absolute Gasteiger partial charge is 0.336 e. The summed E-state index contributed by atoms with van der Waals surface area (Å²) in [5.41, 5.74) is 3.38. The molecule has 0 spiro atoms. The number of rotatable bonds is 7. The van der Waals surface area contributed by atoms with Crippen molar-refractivity contribution in [3.63, 3.8) is 0 Å². The van der Waals surface area contributed by atoms with E-state index in [4.69, 9.17) is 0 Å². The molecule has 4 nitrogen and oxygen atoms in total. The van der Waals surface area contributed by atoms with Crippen molar-refractivity contribution in [2.75, 3.05) is 18.5 Å². The molecule has 0 atom stereocenters. The summed E-state index contributed by atoms with van der Waals surface area (Å²) in [5.74, 6) is 0. The molecule has 1 aromatic heterocycles. The molecule has 122 valence electrons. The molecule has 0 aliphatic carbocycles. The Balaban J connectivity index is 1.45. The molecule has 24 heavy (non-hydrogen) atoms. The fourth-order valence-corrected chi connectivity index (χ4v) is 2.50. The van der Waals surface area contributed by atoms with Gasteiger partial charge in [-0.3, -0.25) is 4.99 Å². The van der Waals surface area contributed by atoms with Gasteiger partial charge in [0.2, 0.25) is 0 Å². The van der Waals surface area contributed by atoms with Crippen LogP contribution in [0.5, 0.6) is 0 Å². The highest BCUT2D eigenvalue weighted by molar-refractivity contribution is 5.78. The van der Waals surface area contributed by atoms with E-state index in [1.54, 1.807) is 0 Å². The fraction of sp³-hybridized carbons (Fsp3) is 0.200. The van der Waals surface area contributed by atoms with Crippen molar-refractivity contribution in [1.82, 2.24) is 9.55 Å². The van der Waals surface area contributed by atoms with Crippen molar-refractivity contribution in [3.8, 4) is 5.69 Å². The van der Waals surface area contributed by atoms with E-state index in [0.29, 0.717) is 0 Å². The number of hydrogen-bond donors (Lipinski definition) is 0. The zero-order valence-electron chi connectivity index (χ0n) is 13.9. The minimum atomic E-state index is 0.801. The monoisotopic (exact) mass is 318 g/mol. The lowest BCUT2D eigenvalue weighted by atomic mass is 10.2. The van der Waals surface area contributed by atoms with E-state index >= 15 is 0 Å². The normalized spacial score (nSPS) is 11.0. The molecule has 0 fully saturated rings. The average Bonchev–Trinajstić information content (AvgIpc) is 3.12. The molecule has 0 N–H and O–H groups in total. The maximum absolute atomic E-state index is 4.49. The van der Waals surface area contributed by atoms with Crippen LogP contribution in [0.25, 0.3) is 5.69 Å². The molecule has 1 heterocycles.